The molecule has 3 N–H and O–H groups in total. The average Bonchev–Trinajstić information content (AvgIpc) is 3.06. The number of ether oxygens (including phenoxy) is 2. The van der Waals surface area contributed by atoms with Crippen molar-refractivity contribution in [3.8, 4) is 23.1 Å². The number of hydrogen-bond donors (Lipinski definition) is 2. The molecule has 2 aromatic carbocycles. The number of nitrogens with zero attached hydrogens (tertiary/aromatic N) is 5. The summed E-state index contributed by atoms with van der Waals surface area (Å²) in [6, 6.07) is 15.9. The highest BCUT2D eigenvalue weighted by Gasteiger charge is 2.42. The first-order chi connectivity index (χ1) is 21.8. The number of benzene rings is 2. The number of rotatable bonds is 10. The van der Waals surface area contributed by atoms with Gasteiger partial charge in [0.2, 0.25) is 5.95 Å². The third kappa shape index (κ3) is 7.50. The minimum absolute atomic E-state index is 0. The molecule has 0 amide bonds. The van der Waals surface area contributed by atoms with E-state index in [4.69, 9.17) is 31.8 Å². The van der Waals surface area contributed by atoms with E-state index in [0.29, 0.717) is 56.4 Å². The van der Waals surface area contributed by atoms with Crippen LogP contribution in [0.15, 0.2) is 42.5 Å². The summed E-state index contributed by atoms with van der Waals surface area (Å²) in [7, 11) is 0. The Morgan fingerprint density at radius 2 is 1.83 bits per heavy atom. The zero-order valence-corrected chi connectivity index (χ0v) is 27.4. The molecule has 3 aromatic rings. The summed E-state index contributed by atoms with van der Waals surface area (Å²) in [5, 5.41) is 19.5. The van der Waals surface area contributed by atoms with Gasteiger partial charge in [0.05, 0.1) is 18.4 Å². The lowest BCUT2D eigenvalue weighted by Gasteiger charge is -2.37. The van der Waals surface area contributed by atoms with Crippen molar-refractivity contribution in [3.05, 3.63) is 64.2 Å². The van der Waals surface area contributed by atoms with Crippen LogP contribution in [0.5, 0.6) is 5.75 Å². The molecule has 1 aliphatic heterocycles. The van der Waals surface area contributed by atoms with E-state index in [1.807, 2.05) is 36.4 Å². The summed E-state index contributed by atoms with van der Waals surface area (Å²) in [5.41, 5.74) is 10.4. The monoisotopic (exact) mass is 666 g/mol. The van der Waals surface area contributed by atoms with Gasteiger partial charge in [0.25, 0.3) is 0 Å². The lowest BCUT2D eigenvalue weighted by molar-refractivity contribution is -0.147. The molecule has 244 valence electrons. The van der Waals surface area contributed by atoms with Gasteiger partial charge >= 0.3 is 5.97 Å². The molecule has 2 heterocycles. The third-order valence-electron chi connectivity index (χ3n) is 9.46. The van der Waals surface area contributed by atoms with Gasteiger partial charge in [-0.25, -0.2) is 4.98 Å². The lowest BCUT2D eigenvalue weighted by atomic mass is 9.71. The van der Waals surface area contributed by atoms with Gasteiger partial charge in [-0.05, 0) is 85.9 Å². The molecule has 0 unspecified atom stereocenters. The van der Waals surface area contributed by atoms with Crippen LogP contribution < -0.4 is 15.4 Å². The number of nitriles is 1. The van der Waals surface area contributed by atoms with E-state index in [1.54, 1.807) is 0 Å². The second-order valence-electron chi connectivity index (χ2n) is 12.3. The molecule has 12 heteroatoms. The van der Waals surface area contributed by atoms with Gasteiger partial charge in [-0.3, -0.25) is 9.69 Å². The summed E-state index contributed by atoms with van der Waals surface area (Å²) in [4.78, 5) is 25.6. The van der Waals surface area contributed by atoms with E-state index in [1.165, 1.54) is 5.56 Å². The second-order valence-corrected chi connectivity index (χ2v) is 12.7. The van der Waals surface area contributed by atoms with E-state index in [9.17, 15) is 15.2 Å². The Labute approximate surface area is 280 Å². The van der Waals surface area contributed by atoms with Crippen LogP contribution in [0.25, 0.3) is 11.3 Å². The fraction of sp³-hybridized carbons (Fsp3) is 0.471. The molecular weight excluding hydrogens is 627 g/mol. The average molecular weight is 668 g/mol. The molecule has 46 heavy (non-hydrogen) atoms. The highest BCUT2D eigenvalue weighted by Crippen LogP contribution is 2.40. The van der Waals surface area contributed by atoms with Crippen LogP contribution in [0.3, 0.4) is 0 Å². The van der Waals surface area contributed by atoms with Crippen LogP contribution in [0.1, 0.15) is 42.4 Å². The van der Waals surface area contributed by atoms with Crippen molar-refractivity contribution in [3.63, 3.8) is 0 Å². The number of anilines is 2. The van der Waals surface area contributed by atoms with E-state index in [2.05, 4.69) is 26.9 Å². The van der Waals surface area contributed by atoms with Crippen molar-refractivity contribution >= 4 is 41.7 Å². The Hall–Kier alpha value is -3.62. The smallest absolute Gasteiger partial charge is 0.324 e. The van der Waals surface area contributed by atoms with Gasteiger partial charge in [0.15, 0.2) is 5.41 Å². The Balaban J connectivity index is 0.00000417. The summed E-state index contributed by atoms with van der Waals surface area (Å²) >= 11 is 6.00. The SMILES string of the molecule is Cl.N#CC1(C(=O)O)CCC(COCCN2CCN(c3nc(N)nc4c3CCc3cc(OCc5ccc(Cl)cc5)ccc3-4)CC2)CC1. The van der Waals surface area contributed by atoms with Crippen LogP contribution in [0.2, 0.25) is 5.02 Å². The predicted molar refractivity (Wildman–Crippen MR) is 179 cm³/mol. The minimum Gasteiger partial charge on any atom is -0.489 e. The van der Waals surface area contributed by atoms with E-state index >= 15 is 0 Å². The van der Waals surface area contributed by atoms with Crippen molar-refractivity contribution in [2.24, 2.45) is 11.3 Å². The Morgan fingerprint density at radius 3 is 2.52 bits per heavy atom. The van der Waals surface area contributed by atoms with Crippen molar-refractivity contribution in [1.82, 2.24) is 14.9 Å². The molecule has 3 aliphatic rings. The first kappa shape index (κ1) is 33.7. The van der Waals surface area contributed by atoms with Gasteiger partial charge < -0.3 is 25.2 Å². The van der Waals surface area contributed by atoms with Crippen LogP contribution >= 0.6 is 24.0 Å². The maximum absolute atomic E-state index is 11.5. The molecule has 10 nitrogen and oxygen atoms in total. The van der Waals surface area contributed by atoms with Crippen molar-refractivity contribution in [2.45, 2.75) is 45.1 Å². The quantitative estimate of drug-likeness (QED) is 0.270. The van der Waals surface area contributed by atoms with E-state index in [0.717, 1.165) is 79.5 Å². The molecule has 1 aromatic heterocycles. The zero-order valence-electron chi connectivity index (χ0n) is 25.8. The molecule has 1 saturated carbocycles. The lowest BCUT2D eigenvalue weighted by Crippen LogP contribution is -2.48. The Bertz CT molecular complexity index is 1570. The van der Waals surface area contributed by atoms with E-state index in [-0.39, 0.29) is 18.4 Å². The topological polar surface area (TPSA) is 138 Å². The summed E-state index contributed by atoms with van der Waals surface area (Å²) < 4.78 is 12.1. The van der Waals surface area contributed by atoms with Crippen molar-refractivity contribution in [2.75, 3.05) is 56.6 Å². The molecule has 0 radical (unpaired) electrons. The van der Waals surface area contributed by atoms with Crippen LogP contribution in [-0.2, 0) is 29.0 Å². The molecule has 0 bridgehead atoms. The largest absolute Gasteiger partial charge is 0.489 e. The maximum atomic E-state index is 11.5. The molecule has 1 saturated heterocycles. The molecule has 2 aliphatic carbocycles. The van der Waals surface area contributed by atoms with Crippen LogP contribution in [0, 0.1) is 22.7 Å². The molecule has 0 atom stereocenters. The minimum atomic E-state index is -1.22. The number of nitrogen functional groups attached to an aromatic ring is 1. The number of aromatic nitrogens is 2. The standard InChI is InChI=1S/C34H39ClN6O4.ClH/c35-26-4-1-23(2-5-26)21-45-27-6-8-28-25(19-27)3-7-29-30(28)38-33(37)39-31(29)41-15-13-40(14-16-41)17-18-44-20-24-9-11-34(22-36,12-10-24)32(42)43;/h1-2,4-6,8,19,24H,3,7,9-18,20-21H2,(H,42,43)(H2,37,38,39);1H. The number of halogens is 2. The van der Waals surface area contributed by atoms with Gasteiger partial charge in [-0.15, -0.1) is 12.4 Å². The highest BCUT2D eigenvalue weighted by molar-refractivity contribution is 6.30. The predicted octanol–water partition coefficient (Wildman–Crippen LogP) is 5.40. The van der Waals surface area contributed by atoms with Gasteiger partial charge in [0, 0.05) is 55.5 Å². The number of carboxylic acids is 1. The van der Waals surface area contributed by atoms with Crippen LogP contribution in [-0.4, -0.2) is 71.9 Å². The molecule has 0 spiro atoms. The summed E-state index contributed by atoms with van der Waals surface area (Å²) in [5.74, 6) is 1.37. The third-order valence-corrected chi connectivity index (χ3v) is 9.71. The van der Waals surface area contributed by atoms with Gasteiger partial charge in [-0.1, -0.05) is 23.7 Å². The first-order valence-corrected chi connectivity index (χ1v) is 16.1. The number of fused-ring (bicyclic) bond motifs is 3. The number of aryl methyl sites for hydroxylation is 1. The number of carboxylic acid groups (broad SMARTS) is 1. The maximum Gasteiger partial charge on any atom is 0.324 e. The fourth-order valence-electron chi connectivity index (χ4n) is 6.65. The van der Waals surface area contributed by atoms with E-state index < -0.39 is 11.4 Å². The Kier molecular flexibility index (Phi) is 10.9. The summed E-state index contributed by atoms with van der Waals surface area (Å²) in [6.45, 7) is 6.07. The van der Waals surface area contributed by atoms with Crippen molar-refractivity contribution < 1.29 is 19.4 Å². The van der Waals surface area contributed by atoms with Gasteiger partial charge in [-0.2, -0.15) is 10.2 Å². The summed E-state index contributed by atoms with van der Waals surface area (Å²) in [6.07, 6.45) is 3.96. The Morgan fingerprint density at radius 1 is 1.09 bits per heavy atom. The normalized spacial score (nSPS) is 21.0. The number of piperazine rings is 1. The molecular formula is C34H40Cl2N6O4. The molecule has 2 fully saturated rings. The number of hydrogen-bond acceptors (Lipinski definition) is 9. The number of nitrogens with two attached hydrogens (primary N) is 1. The van der Waals surface area contributed by atoms with Gasteiger partial charge in [0.1, 0.15) is 18.2 Å². The first-order valence-electron chi connectivity index (χ1n) is 15.7. The highest BCUT2D eigenvalue weighted by atomic mass is 35.5. The number of carbonyl (C=O) groups is 1. The zero-order chi connectivity index (χ0) is 31.4. The second kappa shape index (κ2) is 14.9. The van der Waals surface area contributed by atoms with Crippen molar-refractivity contribution in [1.29, 1.82) is 5.26 Å². The van der Waals surface area contributed by atoms with Crippen LogP contribution in [0.4, 0.5) is 11.8 Å². The fourth-order valence-corrected chi connectivity index (χ4v) is 6.77. The number of aliphatic carboxylic acids is 1. The molecule has 6 rings (SSSR count).